The number of benzene rings is 1. The first-order valence-electron chi connectivity index (χ1n) is 6.07. The van der Waals surface area contributed by atoms with E-state index < -0.39 is 0 Å². The molecule has 1 amide bonds. The van der Waals surface area contributed by atoms with Gasteiger partial charge in [-0.2, -0.15) is 0 Å². The highest BCUT2D eigenvalue weighted by Crippen LogP contribution is 2.27. The lowest BCUT2D eigenvalue weighted by Crippen LogP contribution is -2.05. The number of carbonyl (C=O) groups excluding carboxylic acids is 2. The summed E-state index contributed by atoms with van der Waals surface area (Å²) in [5, 5.41) is 3.48. The van der Waals surface area contributed by atoms with E-state index in [9.17, 15) is 9.59 Å². The van der Waals surface area contributed by atoms with Crippen LogP contribution in [0.3, 0.4) is 0 Å². The van der Waals surface area contributed by atoms with E-state index in [1.165, 1.54) is 25.6 Å². The van der Waals surface area contributed by atoms with Crippen molar-refractivity contribution in [1.29, 1.82) is 0 Å². The number of hydrogen-bond donors (Lipinski definition) is 1. The van der Waals surface area contributed by atoms with E-state index in [1.54, 1.807) is 18.3 Å². The molecule has 4 nitrogen and oxygen atoms in total. The van der Waals surface area contributed by atoms with Crippen molar-refractivity contribution in [3.63, 3.8) is 0 Å². The van der Waals surface area contributed by atoms with Crippen LogP contribution in [0.25, 0.3) is 0 Å². The average Bonchev–Trinajstić information content (AvgIpc) is 2.41. The summed E-state index contributed by atoms with van der Waals surface area (Å²) in [6.45, 7) is 3.01. The molecule has 0 aliphatic rings. The summed E-state index contributed by atoms with van der Waals surface area (Å²) in [6.07, 6.45) is 1.63. The molecule has 1 aromatic carbocycles. The first-order chi connectivity index (χ1) is 9.54. The summed E-state index contributed by atoms with van der Waals surface area (Å²) < 4.78 is 0. The number of anilines is 1. The molecule has 5 heteroatoms. The zero-order valence-electron chi connectivity index (χ0n) is 11.2. The molecule has 0 aliphatic heterocycles. The molecule has 1 aromatic heterocycles. The van der Waals surface area contributed by atoms with Gasteiger partial charge in [-0.25, -0.2) is 4.98 Å². The van der Waals surface area contributed by atoms with Crippen molar-refractivity contribution in [1.82, 2.24) is 4.98 Å². The minimum atomic E-state index is -0.0961. The Morgan fingerprint density at radius 1 is 1.10 bits per heavy atom. The Hall–Kier alpha value is -2.14. The highest BCUT2D eigenvalue weighted by Gasteiger charge is 2.04. The fourth-order valence-electron chi connectivity index (χ4n) is 1.61. The predicted molar refractivity (Wildman–Crippen MR) is 79.1 cm³/mol. The van der Waals surface area contributed by atoms with Crippen molar-refractivity contribution in [2.45, 2.75) is 23.8 Å². The minimum absolute atomic E-state index is 0.0234. The van der Waals surface area contributed by atoms with E-state index in [-0.39, 0.29) is 11.7 Å². The van der Waals surface area contributed by atoms with Crippen molar-refractivity contribution < 1.29 is 9.59 Å². The lowest BCUT2D eigenvalue weighted by Gasteiger charge is -2.05. The van der Waals surface area contributed by atoms with Crippen molar-refractivity contribution in [2.24, 2.45) is 0 Å². The van der Waals surface area contributed by atoms with Crippen LogP contribution in [0, 0.1) is 0 Å². The Labute approximate surface area is 121 Å². The molecule has 102 valence electrons. The van der Waals surface area contributed by atoms with Gasteiger partial charge in [-0.05, 0) is 43.3 Å². The third-order valence-electron chi connectivity index (χ3n) is 2.54. The highest BCUT2D eigenvalue weighted by molar-refractivity contribution is 7.99. The quantitative estimate of drug-likeness (QED) is 0.875. The minimum Gasteiger partial charge on any atom is -0.326 e. The standard InChI is InChI=1S/C15H14N2O2S/c1-10(18)12-7-8-16-15(9-12)20-14-5-3-13(4-6-14)17-11(2)19/h3-9H,1-2H3,(H,17,19). The maximum absolute atomic E-state index is 11.3. The van der Waals surface area contributed by atoms with Crippen LogP contribution in [0.1, 0.15) is 24.2 Å². The van der Waals surface area contributed by atoms with E-state index in [2.05, 4.69) is 10.3 Å². The van der Waals surface area contributed by atoms with Gasteiger partial charge in [-0.15, -0.1) is 0 Å². The van der Waals surface area contributed by atoms with Gasteiger partial charge in [0.15, 0.2) is 5.78 Å². The van der Waals surface area contributed by atoms with Gasteiger partial charge < -0.3 is 5.32 Å². The van der Waals surface area contributed by atoms with E-state index in [0.717, 1.165) is 15.6 Å². The first-order valence-corrected chi connectivity index (χ1v) is 6.89. The van der Waals surface area contributed by atoms with E-state index in [1.807, 2.05) is 24.3 Å². The number of pyridine rings is 1. The monoisotopic (exact) mass is 286 g/mol. The SMILES string of the molecule is CC(=O)Nc1ccc(Sc2cc(C(C)=O)ccn2)cc1. The molecule has 1 N–H and O–H groups in total. The van der Waals surface area contributed by atoms with Gasteiger partial charge in [0.05, 0.1) is 0 Å². The van der Waals surface area contributed by atoms with Crippen LogP contribution in [-0.2, 0) is 4.79 Å². The Morgan fingerprint density at radius 2 is 1.80 bits per heavy atom. The molecular weight excluding hydrogens is 272 g/mol. The molecule has 0 radical (unpaired) electrons. The second-order valence-corrected chi connectivity index (χ2v) is 5.34. The largest absolute Gasteiger partial charge is 0.326 e. The Bertz CT molecular complexity index is 639. The van der Waals surface area contributed by atoms with E-state index in [4.69, 9.17) is 0 Å². The van der Waals surface area contributed by atoms with Crippen LogP contribution in [0.15, 0.2) is 52.5 Å². The van der Waals surface area contributed by atoms with Gasteiger partial charge in [0.25, 0.3) is 0 Å². The van der Waals surface area contributed by atoms with Crippen LogP contribution in [-0.4, -0.2) is 16.7 Å². The number of hydrogen-bond acceptors (Lipinski definition) is 4. The second-order valence-electron chi connectivity index (χ2n) is 4.25. The first kappa shape index (κ1) is 14.3. The highest BCUT2D eigenvalue weighted by atomic mass is 32.2. The second kappa shape index (κ2) is 6.34. The number of carbonyl (C=O) groups is 2. The van der Waals surface area contributed by atoms with Crippen LogP contribution in [0.5, 0.6) is 0 Å². The fraction of sp³-hybridized carbons (Fsp3) is 0.133. The molecule has 1 heterocycles. The van der Waals surface area contributed by atoms with Crippen LogP contribution in [0.4, 0.5) is 5.69 Å². The third kappa shape index (κ3) is 3.93. The molecule has 0 bridgehead atoms. The predicted octanol–water partition coefficient (Wildman–Crippen LogP) is 3.39. The summed E-state index contributed by atoms with van der Waals surface area (Å²) in [7, 11) is 0. The van der Waals surface area contributed by atoms with Gasteiger partial charge in [-0.3, -0.25) is 9.59 Å². The maximum atomic E-state index is 11.3. The lowest BCUT2D eigenvalue weighted by atomic mass is 10.2. The molecule has 0 unspecified atom stereocenters. The topological polar surface area (TPSA) is 59.1 Å². The Kier molecular flexibility index (Phi) is 4.53. The number of ketones is 1. The van der Waals surface area contributed by atoms with Crippen molar-refractivity contribution in [3.05, 3.63) is 48.2 Å². The lowest BCUT2D eigenvalue weighted by molar-refractivity contribution is -0.114. The smallest absolute Gasteiger partial charge is 0.221 e. The number of amides is 1. The van der Waals surface area contributed by atoms with Gasteiger partial charge in [-0.1, -0.05) is 11.8 Å². The van der Waals surface area contributed by atoms with Crippen LogP contribution >= 0.6 is 11.8 Å². The maximum Gasteiger partial charge on any atom is 0.221 e. The average molecular weight is 286 g/mol. The number of aromatic nitrogens is 1. The molecule has 2 rings (SSSR count). The zero-order valence-corrected chi connectivity index (χ0v) is 12.0. The van der Waals surface area contributed by atoms with Crippen molar-refractivity contribution >= 4 is 29.1 Å². The summed E-state index contributed by atoms with van der Waals surface area (Å²) in [6, 6.07) is 10.9. The summed E-state index contributed by atoms with van der Waals surface area (Å²) >= 11 is 1.47. The van der Waals surface area contributed by atoms with Gasteiger partial charge in [0.2, 0.25) is 5.91 Å². The van der Waals surface area contributed by atoms with E-state index in [0.29, 0.717) is 5.56 Å². The van der Waals surface area contributed by atoms with Crippen LogP contribution < -0.4 is 5.32 Å². The van der Waals surface area contributed by atoms with Crippen molar-refractivity contribution in [2.75, 3.05) is 5.32 Å². The fourth-order valence-corrected chi connectivity index (χ4v) is 2.43. The summed E-state index contributed by atoms with van der Waals surface area (Å²) in [5.41, 5.74) is 1.41. The molecule has 0 atom stereocenters. The van der Waals surface area contributed by atoms with Gasteiger partial charge in [0, 0.05) is 29.3 Å². The molecule has 2 aromatic rings. The molecule has 0 aliphatic carbocycles. The Morgan fingerprint density at radius 3 is 2.40 bits per heavy atom. The molecule has 0 spiro atoms. The zero-order chi connectivity index (χ0) is 14.5. The molecule has 0 saturated heterocycles. The van der Waals surface area contributed by atoms with Gasteiger partial charge in [0.1, 0.15) is 5.03 Å². The number of nitrogens with zero attached hydrogens (tertiary/aromatic N) is 1. The number of Topliss-reactive ketones (excluding diaryl/α,β-unsaturated/α-hetero) is 1. The number of rotatable bonds is 4. The third-order valence-corrected chi connectivity index (χ3v) is 3.48. The molecule has 20 heavy (non-hydrogen) atoms. The summed E-state index contributed by atoms with van der Waals surface area (Å²) in [5.74, 6) is -0.0727. The summed E-state index contributed by atoms with van der Waals surface area (Å²) in [4.78, 5) is 27.5. The molecule has 0 fully saturated rings. The van der Waals surface area contributed by atoms with E-state index >= 15 is 0 Å². The van der Waals surface area contributed by atoms with Crippen molar-refractivity contribution in [3.8, 4) is 0 Å². The number of nitrogens with one attached hydrogen (secondary N) is 1. The molecule has 0 saturated carbocycles. The van der Waals surface area contributed by atoms with Crippen LogP contribution in [0.2, 0.25) is 0 Å². The van der Waals surface area contributed by atoms with Gasteiger partial charge >= 0.3 is 0 Å². The Balaban J connectivity index is 2.11. The molecular formula is C15H14N2O2S. The normalized spacial score (nSPS) is 10.1.